The Bertz CT molecular complexity index is 1320. The number of benzene rings is 1. The Morgan fingerprint density at radius 2 is 1.97 bits per heavy atom. The first-order chi connectivity index (χ1) is 17.7. The van der Waals surface area contributed by atoms with E-state index in [9.17, 15) is 15.0 Å². The molecule has 1 aromatic carbocycles. The van der Waals surface area contributed by atoms with Crippen molar-refractivity contribution in [2.45, 2.75) is 57.7 Å². The highest BCUT2D eigenvalue weighted by Gasteiger charge is 2.86. The highest BCUT2D eigenvalue weighted by molar-refractivity contribution is 7.09. The lowest BCUT2D eigenvalue weighted by molar-refractivity contribution is -0.450. The predicted octanol–water partition coefficient (Wildman–Crippen LogP) is 4.53. The average molecular weight is 520 g/mol. The van der Waals surface area contributed by atoms with Crippen LogP contribution in [0.1, 0.15) is 38.1 Å². The van der Waals surface area contributed by atoms with Gasteiger partial charge in [-0.3, -0.25) is 4.79 Å². The molecule has 194 valence electrons. The number of carbonyl (C=O) groups is 1. The maximum Gasteiger partial charge on any atom is 0.211 e. The molecule has 3 heterocycles. The minimum Gasteiger partial charge on any atom is -0.391 e. The Kier molecular flexibility index (Phi) is 4.98. The number of rotatable bonds is 4. The number of aliphatic hydroxyl groups is 2. The Balaban J connectivity index is 1.34. The highest BCUT2D eigenvalue weighted by atomic mass is 32.1. The second kappa shape index (κ2) is 7.70. The molecule has 0 amide bonds. The Morgan fingerprint density at radius 1 is 1.19 bits per heavy atom. The summed E-state index contributed by atoms with van der Waals surface area (Å²) < 4.78 is 13.2. The third kappa shape index (κ3) is 2.74. The molecule has 5 fully saturated rings. The SMILES string of the molecule is C=C1C(=O)[C@]23[C@H](O)[C@H]1CC[C@H]2[C@]12C=CCC(C)(C)[C@H]1[C@H](O)[C@@]3(OCc1nc(-c3ccccc3)cs1)OC2. The number of nitrogens with zero attached hydrogens (tertiary/aromatic N) is 1. The van der Waals surface area contributed by atoms with E-state index in [1.807, 2.05) is 35.7 Å². The summed E-state index contributed by atoms with van der Waals surface area (Å²) in [5, 5.41) is 26.8. The molecule has 2 N–H and O–H groups in total. The summed E-state index contributed by atoms with van der Waals surface area (Å²) in [7, 11) is 0. The number of hydrogen-bond donors (Lipinski definition) is 2. The number of aromatic nitrogens is 1. The van der Waals surface area contributed by atoms with E-state index < -0.39 is 28.8 Å². The van der Waals surface area contributed by atoms with E-state index in [0.29, 0.717) is 18.6 Å². The van der Waals surface area contributed by atoms with Crippen molar-refractivity contribution in [2.75, 3.05) is 6.61 Å². The molecule has 2 aromatic rings. The molecule has 1 aromatic heterocycles. The number of aliphatic hydroxyl groups excluding tert-OH is 2. The van der Waals surface area contributed by atoms with Gasteiger partial charge in [-0.2, -0.15) is 0 Å². The van der Waals surface area contributed by atoms with E-state index in [4.69, 9.17) is 14.5 Å². The van der Waals surface area contributed by atoms with Crippen LogP contribution in [-0.4, -0.2) is 45.6 Å². The van der Waals surface area contributed by atoms with Gasteiger partial charge in [0.25, 0.3) is 0 Å². The van der Waals surface area contributed by atoms with Crippen molar-refractivity contribution >= 4 is 17.1 Å². The molecular formula is C30H33NO5S. The van der Waals surface area contributed by atoms with Gasteiger partial charge in [0.05, 0.1) is 18.4 Å². The highest BCUT2D eigenvalue weighted by Crippen LogP contribution is 2.76. The molecule has 0 radical (unpaired) electrons. The van der Waals surface area contributed by atoms with Gasteiger partial charge in [0, 0.05) is 28.2 Å². The lowest BCUT2D eigenvalue weighted by atomic mass is 9.37. The third-order valence-corrected chi connectivity index (χ3v) is 11.1. The van der Waals surface area contributed by atoms with E-state index in [1.165, 1.54) is 11.3 Å². The van der Waals surface area contributed by atoms with Crippen molar-refractivity contribution in [2.24, 2.45) is 34.0 Å². The molecule has 0 unspecified atom stereocenters. The first-order valence-corrected chi connectivity index (χ1v) is 14.1. The van der Waals surface area contributed by atoms with Gasteiger partial charge in [-0.05, 0) is 36.2 Å². The fraction of sp³-hybridized carbons (Fsp3) is 0.533. The van der Waals surface area contributed by atoms with Crippen molar-refractivity contribution in [3.8, 4) is 11.3 Å². The van der Waals surface area contributed by atoms with Crippen LogP contribution in [0.2, 0.25) is 0 Å². The average Bonchev–Trinajstić information content (AvgIpc) is 3.39. The Labute approximate surface area is 221 Å². The number of Topliss-reactive ketones (excluding diaryl/α,β-unsaturated/α-hetero) is 1. The maximum atomic E-state index is 14.2. The number of carbonyl (C=O) groups excluding carboxylic acids is 1. The summed E-state index contributed by atoms with van der Waals surface area (Å²) in [4.78, 5) is 18.9. The number of allylic oxidation sites excluding steroid dienone is 1. The van der Waals surface area contributed by atoms with Crippen LogP contribution in [0.25, 0.3) is 11.3 Å². The summed E-state index contributed by atoms with van der Waals surface area (Å²) in [6.07, 6.45) is 4.55. The van der Waals surface area contributed by atoms with Gasteiger partial charge in [0.15, 0.2) is 5.78 Å². The van der Waals surface area contributed by atoms with Crippen molar-refractivity contribution in [3.63, 3.8) is 0 Å². The zero-order valence-electron chi connectivity index (χ0n) is 21.2. The number of hydrogen-bond acceptors (Lipinski definition) is 7. The van der Waals surface area contributed by atoms with Crippen LogP contribution in [-0.2, 0) is 20.9 Å². The van der Waals surface area contributed by atoms with E-state index in [-0.39, 0.29) is 35.6 Å². The summed E-state index contributed by atoms with van der Waals surface area (Å²) >= 11 is 1.48. The van der Waals surface area contributed by atoms with Crippen LogP contribution >= 0.6 is 11.3 Å². The topological polar surface area (TPSA) is 88.9 Å². The fourth-order valence-electron chi connectivity index (χ4n) is 8.91. The standard InChI is InChI=1S/C30H33NO5S/c1-17-19-10-11-21-28-13-7-12-27(2,3)23(28)26(34)30(36-16-28,29(21,24(17)32)25(19)33)35-14-22-31-20(15-37-22)18-8-5-4-6-9-18/h4-9,13,15,19,21,23,25-26,33-34H,1,10-12,14,16H2,2-3H3/t19-,21-,23+,25+,26-,28+,29-,30+/m0/s1. The van der Waals surface area contributed by atoms with Crippen LogP contribution in [0.3, 0.4) is 0 Å². The molecule has 7 heteroatoms. The van der Waals surface area contributed by atoms with Crippen LogP contribution in [0.4, 0.5) is 0 Å². The molecule has 2 aliphatic heterocycles. The number of ketones is 1. The van der Waals surface area contributed by atoms with Crippen LogP contribution in [0.15, 0.2) is 60.0 Å². The van der Waals surface area contributed by atoms with E-state index in [2.05, 4.69) is 32.6 Å². The normalized spacial score (nSPS) is 43.1. The van der Waals surface area contributed by atoms with Crippen molar-refractivity contribution < 1.29 is 24.5 Å². The zero-order chi connectivity index (χ0) is 25.8. The largest absolute Gasteiger partial charge is 0.391 e. The van der Waals surface area contributed by atoms with Gasteiger partial charge < -0.3 is 19.7 Å². The lowest BCUT2D eigenvalue weighted by Crippen LogP contribution is -2.83. The number of thiazole rings is 1. The summed E-state index contributed by atoms with van der Waals surface area (Å²) in [6, 6.07) is 9.94. The molecule has 6 nitrogen and oxygen atoms in total. The smallest absolute Gasteiger partial charge is 0.211 e. The number of ether oxygens (including phenoxy) is 2. The van der Waals surface area contributed by atoms with E-state index >= 15 is 0 Å². The minimum absolute atomic E-state index is 0.0795. The third-order valence-electron chi connectivity index (χ3n) is 10.3. The molecule has 4 bridgehead atoms. The van der Waals surface area contributed by atoms with Gasteiger partial charge in [0.1, 0.15) is 23.1 Å². The molecular weight excluding hydrogens is 486 g/mol. The van der Waals surface area contributed by atoms with Crippen molar-refractivity contribution in [3.05, 3.63) is 65.0 Å². The maximum absolute atomic E-state index is 14.2. The van der Waals surface area contributed by atoms with Crippen molar-refractivity contribution in [1.29, 1.82) is 0 Å². The van der Waals surface area contributed by atoms with E-state index in [0.717, 1.165) is 29.1 Å². The van der Waals surface area contributed by atoms with E-state index in [1.54, 1.807) is 0 Å². The van der Waals surface area contributed by atoms with Crippen LogP contribution in [0, 0.1) is 34.0 Å². The molecule has 6 aliphatic rings. The van der Waals surface area contributed by atoms with Crippen molar-refractivity contribution in [1.82, 2.24) is 4.98 Å². The zero-order valence-corrected chi connectivity index (χ0v) is 22.0. The van der Waals surface area contributed by atoms with Gasteiger partial charge in [-0.15, -0.1) is 11.3 Å². The minimum atomic E-state index is -1.67. The van der Waals surface area contributed by atoms with Crippen LogP contribution < -0.4 is 0 Å². The monoisotopic (exact) mass is 519 g/mol. The Hall–Kier alpha value is -2.16. The van der Waals surface area contributed by atoms with Crippen LogP contribution in [0.5, 0.6) is 0 Å². The molecule has 4 aliphatic carbocycles. The van der Waals surface area contributed by atoms with Gasteiger partial charge in [-0.25, -0.2) is 4.98 Å². The first-order valence-electron chi connectivity index (χ1n) is 13.2. The number of fused-ring (bicyclic) bond motifs is 2. The molecule has 37 heavy (non-hydrogen) atoms. The second-order valence-electron chi connectivity index (χ2n) is 12.3. The van der Waals surface area contributed by atoms with Gasteiger partial charge in [0.2, 0.25) is 5.79 Å². The predicted molar refractivity (Wildman–Crippen MR) is 139 cm³/mol. The van der Waals surface area contributed by atoms with Gasteiger partial charge in [-0.1, -0.05) is 62.9 Å². The first kappa shape index (κ1) is 23.9. The quantitative estimate of drug-likeness (QED) is 0.456. The van der Waals surface area contributed by atoms with Gasteiger partial charge >= 0.3 is 0 Å². The fourth-order valence-corrected chi connectivity index (χ4v) is 9.63. The second-order valence-corrected chi connectivity index (χ2v) is 13.2. The Morgan fingerprint density at radius 3 is 2.76 bits per heavy atom. The summed E-state index contributed by atoms with van der Waals surface area (Å²) in [5.74, 6) is -2.58. The summed E-state index contributed by atoms with van der Waals surface area (Å²) in [6.45, 7) is 8.90. The molecule has 8 atom stereocenters. The summed E-state index contributed by atoms with van der Waals surface area (Å²) in [5.41, 5.74) is 0.150. The lowest BCUT2D eigenvalue weighted by Gasteiger charge is -2.73. The molecule has 8 rings (SSSR count). The molecule has 2 saturated heterocycles. The molecule has 2 spiro atoms. The molecule has 3 saturated carbocycles.